The van der Waals surface area contributed by atoms with Crippen molar-refractivity contribution < 1.29 is 9.84 Å². The van der Waals surface area contributed by atoms with Crippen LogP contribution in [-0.2, 0) is 6.54 Å². The van der Waals surface area contributed by atoms with Gasteiger partial charge in [-0.25, -0.2) is 4.99 Å². The van der Waals surface area contributed by atoms with Crippen LogP contribution in [0.25, 0.3) is 0 Å². The van der Waals surface area contributed by atoms with Gasteiger partial charge in [0.05, 0.1) is 18.8 Å². The van der Waals surface area contributed by atoms with Gasteiger partial charge in [-0.15, -0.1) is 24.0 Å². The predicted octanol–water partition coefficient (Wildman–Crippen LogP) is 3.98. The van der Waals surface area contributed by atoms with Gasteiger partial charge in [0.1, 0.15) is 5.75 Å². The summed E-state index contributed by atoms with van der Waals surface area (Å²) in [6.45, 7) is 3.52. The minimum Gasteiger partial charge on any atom is -0.490 e. The molecule has 1 aromatic carbocycles. The van der Waals surface area contributed by atoms with Crippen LogP contribution in [-0.4, -0.2) is 35.9 Å². The molecule has 3 N–H and O–H groups in total. The van der Waals surface area contributed by atoms with E-state index in [-0.39, 0.29) is 30.1 Å². The second-order valence-corrected chi connectivity index (χ2v) is 7.48. The van der Waals surface area contributed by atoms with E-state index in [9.17, 15) is 5.11 Å². The van der Waals surface area contributed by atoms with Crippen LogP contribution in [0.1, 0.15) is 63.9 Å². The summed E-state index contributed by atoms with van der Waals surface area (Å²) in [6.07, 6.45) is 8.83. The molecular weight excluding hydrogens is 453 g/mol. The predicted molar refractivity (Wildman–Crippen MR) is 121 cm³/mol. The minimum atomic E-state index is -0.132. The van der Waals surface area contributed by atoms with Crippen molar-refractivity contribution in [2.45, 2.75) is 83.1 Å². The zero-order valence-electron chi connectivity index (χ0n) is 16.3. The van der Waals surface area contributed by atoms with Crippen molar-refractivity contribution >= 4 is 29.9 Å². The fourth-order valence-corrected chi connectivity index (χ4v) is 3.83. The highest BCUT2D eigenvalue weighted by Gasteiger charge is 2.20. The molecule has 0 aromatic heterocycles. The van der Waals surface area contributed by atoms with Crippen LogP contribution < -0.4 is 15.4 Å². The molecule has 0 saturated heterocycles. The Balaban J connectivity index is 0.00000261. The van der Waals surface area contributed by atoms with Crippen molar-refractivity contribution in [2.24, 2.45) is 4.99 Å². The first kappa shape index (κ1) is 22.3. The summed E-state index contributed by atoms with van der Waals surface area (Å²) in [5.74, 6) is 1.82. The summed E-state index contributed by atoms with van der Waals surface area (Å²) >= 11 is 0. The highest BCUT2D eigenvalue weighted by atomic mass is 127. The third-order valence-electron chi connectivity index (χ3n) is 5.36. The fourth-order valence-electron chi connectivity index (χ4n) is 3.83. The topological polar surface area (TPSA) is 65.9 Å². The summed E-state index contributed by atoms with van der Waals surface area (Å²) in [7, 11) is 0. The molecule has 0 atom stereocenters. The number of ether oxygens (including phenoxy) is 1. The van der Waals surface area contributed by atoms with E-state index in [1.165, 1.54) is 12.8 Å². The zero-order valence-corrected chi connectivity index (χ0v) is 18.7. The average molecular weight is 487 g/mol. The maximum Gasteiger partial charge on any atom is 0.191 e. The summed E-state index contributed by atoms with van der Waals surface area (Å²) in [5, 5.41) is 16.5. The smallest absolute Gasteiger partial charge is 0.191 e. The fraction of sp³-hybridized carbons (Fsp3) is 0.667. The van der Waals surface area contributed by atoms with Gasteiger partial charge in [-0.3, -0.25) is 0 Å². The molecular formula is C21H34IN3O2. The quantitative estimate of drug-likeness (QED) is 0.323. The number of nitrogens with one attached hydrogen (secondary N) is 2. The van der Waals surface area contributed by atoms with Gasteiger partial charge >= 0.3 is 0 Å². The van der Waals surface area contributed by atoms with Crippen molar-refractivity contribution in [3.63, 3.8) is 0 Å². The third-order valence-corrected chi connectivity index (χ3v) is 5.36. The van der Waals surface area contributed by atoms with Gasteiger partial charge in [0.2, 0.25) is 0 Å². The SMILES string of the molecule is CCNC(=NCc1ccccc1OC1CCCC1)NC1CCC(O)CC1.I. The lowest BCUT2D eigenvalue weighted by atomic mass is 9.93. The number of aliphatic hydroxyl groups is 1. The summed E-state index contributed by atoms with van der Waals surface area (Å²) in [4.78, 5) is 4.78. The molecule has 2 aliphatic carbocycles. The molecule has 0 heterocycles. The Morgan fingerprint density at radius 1 is 1.11 bits per heavy atom. The number of benzene rings is 1. The Hall–Kier alpha value is -1.02. The van der Waals surface area contributed by atoms with Crippen molar-refractivity contribution in [1.29, 1.82) is 0 Å². The van der Waals surface area contributed by atoms with E-state index >= 15 is 0 Å². The lowest BCUT2D eigenvalue weighted by Gasteiger charge is -2.27. The third kappa shape index (κ3) is 7.14. The second kappa shape index (κ2) is 11.7. The molecule has 152 valence electrons. The monoisotopic (exact) mass is 487 g/mol. The molecule has 0 radical (unpaired) electrons. The number of rotatable bonds is 6. The highest BCUT2D eigenvalue weighted by molar-refractivity contribution is 14.0. The molecule has 0 amide bonds. The van der Waals surface area contributed by atoms with Crippen LogP contribution in [0.4, 0.5) is 0 Å². The summed E-state index contributed by atoms with van der Waals surface area (Å²) in [6, 6.07) is 8.64. The van der Waals surface area contributed by atoms with E-state index in [4.69, 9.17) is 9.73 Å². The molecule has 2 saturated carbocycles. The van der Waals surface area contributed by atoms with Gasteiger partial charge in [-0.2, -0.15) is 0 Å². The van der Waals surface area contributed by atoms with Crippen LogP contribution >= 0.6 is 24.0 Å². The first-order chi connectivity index (χ1) is 12.7. The first-order valence-electron chi connectivity index (χ1n) is 10.2. The lowest BCUT2D eigenvalue weighted by molar-refractivity contribution is 0.120. The van der Waals surface area contributed by atoms with Crippen molar-refractivity contribution in [1.82, 2.24) is 10.6 Å². The summed E-state index contributed by atoms with van der Waals surface area (Å²) in [5.41, 5.74) is 1.13. The van der Waals surface area contributed by atoms with Crippen LogP contribution in [0.3, 0.4) is 0 Å². The number of halogens is 1. The Labute approximate surface area is 180 Å². The molecule has 5 nitrogen and oxygen atoms in total. The normalized spacial score (nSPS) is 23.6. The Bertz CT molecular complexity index is 583. The van der Waals surface area contributed by atoms with E-state index in [2.05, 4.69) is 35.8 Å². The molecule has 0 unspecified atom stereocenters. The number of aliphatic hydroxyl groups excluding tert-OH is 1. The highest BCUT2D eigenvalue weighted by Crippen LogP contribution is 2.27. The number of hydrogen-bond donors (Lipinski definition) is 3. The van der Waals surface area contributed by atoms with Crippen LogP contribution in [0.5, 0.6) is 5.75 Å². The number of guanidine groups is 1. The zero-order chi connectivity index (χ0) is 18.2. The van der Waals surface area contributed by atoms with Crippen LogP contribution in [0.15, 0.2) is 29.3 Å². The Morgan fingerprint density at radius 2 is 1.81 bits per heavy atom. The second-order valence-electron chi connectivity index (χ2n) is 7.48. The molecule has 0 spiro atoms. The van der Waals surface area contributed by atoms with Gasteiger partial charge in [0.25, 0.3) is 0 Å². The van der Waals surface area contributed by atoms with Crippen LogP contribution in [0.2, 0.25) is 0 Å². The number of nitrogens with zero attached hydrogens (tertiary/aromatic N) is 1. The largest absolute Gasteiger partial charge is 0.490 e. The molecule has 0 aliphatic heterocycles. The van der Waals surface area contributed by atoms with E-state index in [1.807, 2.05) is 6.07 Å². The van der Waals surface area contributed by atoms with E-state index < -0.39 is 0 Å². The average Bonchev–Trinajstić information content (AvgIpc) is 3.16. The van der Waals surface area contributed by atoms with Crippen LogP contribution in [0, 0.1) is 0 Å². The molecule has 1 aromatic rings. The van der Waals surface area contributed by atoms with Crippen molar-refractivity contribution in [3.05, 3.63) is 29.8 Å². The van der Waals surface area contributed by atoms with Gasteiger partial charge in [0.15, 0.2) is 5.96 Å². The van der Waals surface area contributed by atoms with Gasteiger partial charge in [0, 0.05) is 18.2 Å². The Morgan fingerprint density at radius 3 is 2.52 bits per heavy atom. The first-order valence-corrected chi connectivity index (χ1v) is 10.2. The van der Waals surface area contributed by atoms with Crippen molar-refractivity contribution in [2.75, 3.05) is 6.54 Å². The Kier molecular flexibility index (Phi) is 9.68. The lowest BCUT2D eigenvalue weighted by Crippen LogP contribution is -2.45. The molecule has 6 heteroatoms. The molecule has 3 rings (SSSR count). The van der Waals surface area contributed by atoms with E-state index in [0.29, 0.717) is 18.7 Å². The minimum absolute atomic E-state index is 0. The van der Waals surface area contributed by atoms with Gasteiger partial charge < -0.3 is 20.5 Å². The van der Waals surface area contributed by atoms with Crippen molar-refractivity contribution in [3.8, 4) is 5.75 Å². The maximum absolute atomic E-state index is 9.68. The number of para-hydroxylation sites is 1. The van der Waals surface area contributed by atoms with Gasteiger partial charge in [-0.05, 0) is 64.4 Å². The van der Waals surface area contributed by atoms with E-state index in [0.717, 1.165) is 62.3 Å². The molecule has 2 aliphatic rings. The summed E-state index contributed by atoms with van der Waals surface area (Å²) < 4.78 is 6.22. The standard InChI is InChI=1S/C21H33N3O2.HI/c1-2-22-21(24-17-11-13-18(25)14-12-17)23-15-16-7-3-6-10-20(16)26-19-8-4-5-9-19;/h3,6-7,10,17-19,25H,2,4-5,8-9,11-15H2,1H3,(H2,22,23,24);1H. The molecule has 0 bridgehead atoms. The maximum atomic E-state index is 9.68. The van der Waals surface area contributed by atoms with E-state index in [1.54, 1.807) is 0 Å². The molecule has 27 heavy (non-hydrogen) atoms. The number of hydrogen-bond acceptors (Lipinski definition) is 3. The van der Waals surface area contributed by atoms with Gasteiger partial charge in [-0.1, -0.05) is 18.2 Å². The molecule has 2 fully saturated rings. The number of aliphatic imine (C=N–C) groups is 1.